The maximum Gasteiger partial charge on any atom is 0.316 e. The van der Waals surface area contributed by atoms with Crippen molar-refractivity contribution in [1.29, 1.82) is 0 Å². The molecule has 0 aliphatic carbocycles. The summed E-state index contributed by atoms with van der Waals surface area (Å²) in [7, 11) is 0. The monoisotopic (exact) mass is 303 g/mol. The molecule has 0 rings (SSSR count). The van der Waals surface area contributed by atoms with Crippen molar-refractivity contribution in [2.75, 3.05) is 6.54 Å². The normalized spacial score (nSPS) is 14.8. The van der Waals surface area contributed by atoms with E-state index in [1.807, 2.05) is 13.8 Å². The summed E-state index contributed by atoms with van der Waals surface area (Å²) in [5.74, 6) is -3.30. The van der Waals surface area contributed by atoms with Crippen LogP contribution in [0.4, 0.5) is 0 Å². The molecule has 0 aromatic rings. The van der Waals surface area contributed by atoms with Crippen LogP contribution in [0, 0.1) is 21.4 Å². The van der Waals surface area contributed by atoms with Crippen molar-refractivity contribution < 1.29 is 24.4 Å². The van der Waals surface area contributed by atoms with E-state index in [2.05, 4.69) is 0 Å². The van der Waals surface area contributed by atoms with Crippen LogP contribution in [0.15, 0.2) is 0 Å². The molecule has 0 unspecified atom stereocenters. The molecule has 0 saturated heterocycles. The van der Waals surface area contributed by atoms with Crippen molar-refractivity contribution in [2.45, 2.75) is 59.7 Å². The minimum absolute atomic E-state index is 0.296. The molecule has 122 valence electrons. The summed E-state index contributed by atoms with van der Waals surface area (Å²) in [6.07, 6.45) is -0.391. The first-order chi connectivity index (χ1) is 9.54. The van der Waals surface area contributed by atoms with Crippen LogP contribution in [-0.2, 0) is 14.3 Å². The Balaban J connectivity index is 5.48. The van der Waals surface area contributed by atoms with E-state index in [4.69, 9.17) is 4.74 Å². The van der Waals surface area contributed by atoms with Crippen LogP contribution in [0.5, 0.6) is 0 Å². The van der Waals surface area contributed by atoms with Crippen LogP contribution >= 0.6 is 0 Å². The number of hydrogen-bond donors (Lipinski definition) is 1. The fourth-order valence-corrected chi connectivity index (χ4v) is 1.92. The maximum absolute atomic E-state index is 12.4. The Labute approximate surface area is 124 Å². The van der Waals surface area contributed by atoms with Gasteiger partial charge in [-0.25, -0.2) is 0 Å². The van der Waals surface area contributed by atoms with Crippen molar-refractivity contribution in [1.82, 2.24) is 0 Å². The van der Waals surface area contributed by atoms with Crippen LogP contribution in [0.25, 0.3) is 0 Å². The van der Waals surface area contributed by atoms with Crippen LogP contribution in [0.3, 0.4) is 0 Å². The molecule has 0 spiro atoms. The molecule has 0 bridgehead atoms. The smallest absolute Gasteiger partial charge is 0.316 e. The van der Waals surface area contributed by atoms with Gasteiger partial charge in [-0.1, -0.05) is 34.6 Å². The molecule has 0 radical (unpaired) electrons. The summed E-state index contributed by atoms with van der Waals surface area (Å²) in [5, 5.41) is 19.9. The lowest BCUT2D eigenvalue weighted by molar-refractivity contribution is -0.488. The number of nitrogens with zero attached hydrogens (tertiary/aromatic N) is 1. The molecule has 7 nitrogen and oxygen atoms in total. The number of carbonyl (C=O) groups is 2. The molecule has 21 heavy (non-hydrogen) atoms. The topological polar surface area (TPSA) is 107 Å². The fraction of sp³-hybridized carbons (Fsp3) is 0.857. The largest absolute Gasteiger partial charge is 0.481 e. The quantitative estimate of drug-likeness (QED) is 0.516. The van der Waals surface area contributed by atoms with E-state index in [1.165, 1.54) is 0 Å². The predicted octanol–water partition coefficient (Wildman–Crippen LogP) is 2.15. The molecule has 0 aromatic heterocycles. The van der Waals surface area contributed by atoms with Crippen molar-refractivity contribution >= 4 is 11.8 Å². The number of aliphatic carboxylic acids is 1. The van der Waals surface area contributed by atoms with Gasteiger partial charge in [-0.2, -0.15) is 0 Å². The number of nitro groups is 1. The standard InChI is InChI=1S/C14H25NO6/c1-6-9(7-2)21-11(12(16)14(3,4)5)10(13(17)18)8-15(19)20/h9-11H,6-8H2,1-5H3,(H,17,18)/t10-,11+/m1/s1. The van der Waals surface area contributed by atoms with Crippen molar-refractivity contribution in [2.24, 2.45) is 11.3 Å². The average molecular weight is 303 g/mol. The Morgan fingerprint density at radius 3 is 2.00 bits per heavy atom. The van der Waals surface area contributed by atoms with E-state index in [0.29, 0.717) is 12.8 Å². The molecule has 0 heterocycles. The Morgan fingerprint density at radius 1 is 1.24 bits per heavy atom. The SMILES string of the molecule is CCC(CC)O[C@H](C(=O)C(C)(C)C)[C@@H](C[N+](=O)[O-])C(=O)O. The third-order valence-corrected chi connectivity index (χ3v) is 3.28. The van der Waals surface area contributed by atoms with Crippen LogP contribution in [-0.4, -0.2) is 40.5 Å². The molecule has 2 atom stereocenters. The highest BCUT2D eigenvalue weighted by Gasteiger charge is 2.43. The molecule has 0 aliphatic rings. The summed E-state index contributed by atoms with van der Waals surface area (Å²) in [6.45, 7) is 7.81. The molecule has 0 fully saturated rings. The highest BCUT2D eigenvalue weighted by molar-refractivity contribution is 5.92. The van der Waals surface area contributed by atoms with E-state index < -0.39 is 40.7 Å². The number of Topliss-reactive ketones (excluding diaryl/α,β-unsaturated/α-hetero) is 1. The molecule has 7 heteroatoms. The summed E-state index contributed by atoms with van der Waals surface area (Å²) in [6, 6.07) is 0. The van der Waals surface area contributed by atoms with Gasteiger partial charge >= 0.3 is 5.97 Å². The molecule has 1 N–H and O–H groups in total. The van der Waals surface area contributed by atoms with Gasteiger partial charge in [-0.3, -0.25) is 19.7 Å². The third kappa shape index (κ3) is 6.20. The highest BCUT2D eigenvalue weighted by atomic mass is 16.6. The van der Waals surface area contributed by atoms with Crippen molar-refractivity contribution in [3.05, 3.63) is 10.1 Å². The zero-order valence-corrected chi connectivity index (χ0v) is 13.3. The first-order valence-corrected chi connectivity index (χ1v) is 7.08. The second-order valence-electron chi connectivity index (χ2n) is 6.07. The van der Waals surface area contributed by atoms with Gasteiger partial charge in [0.1, 0.15) is 6.10 Å². The lowest BCUT2D eigenvalue weighted by atomic mass is 9.82. The van der Waals surface area contributed by atoms with Gasteiger partial charge in [0.2, 0.25) is 6.54 Å². The number of carboxylic acid groups (broad SMARTS) is 1. The van der Waals surface area contributed by atoms with E-state index >= 15 is 0 Å². The lowest BCUT2D eigenvalue weighted by Gasteiger charge is -2.30. The van der Waals surface area contributed by atoms with E-state index in [-0.39, 0.29) is 6.10 Å². The summed E-state index contributed by atoms with van der Waals surface area (Å²) < 4.78 is 5.63. The second-order valence-corrected chi connectivity index (χ2v) is 6.07. The second kappa shape index (κ2) is 8.07. The molecule has 0 saturated carbocycles. The zero-order chi connectivity index (χ0) is 16.8. The highest BCUT2D eigenvalue weighted by Crippen LogP contribution is 2.25. The van der Waals surface area contributed by atoms with Gasteiger partial charge < -0.3 is 9.84 Å². The van der Waals surface area contributed by atoms with Gasteiger partial charge in [0.05, 0.1) is 6.10 Å². The zero-order valence-electron chi connectivity index (χ0n) is 13.3. The molecule has 0 aromatic carbocycles. The summed E-state index contributed by atoms with van der Waals surface area (Å²) in [4.78, 5) is 33.7. The minimum atomic E-state index is -1.48. The Bertz CT molecular complexity index is 383. The van der Waals surface area contributed by atoms with Crippen LogP contribution in [0.1, 0.15) is 47.5 Å². The van der Waals surface area contributed by atoms with Crippen LogP contribution < -0.4 is 0 Å². The van der Waals surface area contributed by atoms with E-state index in [9.17, 15) is 24.8 Å². The van der Waals surface area contributed by atoms with Gasteiger partial charge in [0, 0.05) is 10.3 Å². The summed E-state index contributed by atoms with van der Waals surface area (Å²) in [5.41, 5.74) is -0.832. The van der Waals surface area contributed by atoms with Crippen molar-refractivity contribution in [3.8, 4) is 0 Å². The number of carbonyl (C=O) groups excluding carboxylic acids is 1. The number of hydrogen-bond acceptors (Lipinski definition) is 5. The molecule has 0 aliphatic heterocycles. The number of ether oxygens (including phenoxy) is 1. The number of carboxylic acids is 1. The van der Waals surface area contributed by atoms with Gasteiger partial charge in [0.25, 0.3) is 0 Å². The van der Waals surface area contributed by atoms with Crippen molar-refractivity contribution in [3.63, 3.8) is 0 Å². The van der Waals surface area contributed by atoms with Gasteiger partial charge in [0.15, 0.2) is 11.7 Å². The number of rotatable bonds is 9. The Kier molecular flexibility index (Phi) is 7.49. The molecular weight excluding hydrogens is 278 g/mol. The minimum Gasteiger partial charge on any atom is -0.481 e. The Morgan fingerprint density at radius 2 is 1.71 bits per heavy atom. The van der Waals surface area contributed by atoms with Crippen LogP contribution in [0.2, 0.25) is 0 Å². The fourth-order valence-electron chi connectivity index (χ4n) is 1.92. The van der Waals surface area contributed by atoms with Gasteiger partial charge in [-0.05, 0) is 12.8 Å². The van der Waals surface area contributed by atoms with E-state index in [1.54, 1.807) is 20.8 Å². The molecule has 0 amide bonds. The molecular formula is C14H25NO6. The first-order valence-electron chi connectivity index (χ1n) is 7.08. The third-order valence-electron chi connectivity index (χ3n) is 3.28. The first kappa shape index (κ1) is 19.5. The maximum atomic E-state index is 12.4. The Hall–Kier alpha value is -1.50. The van der Waals surface area contributed by atoms with E-state index in [0.717, 1.165) is 0 Å². The summed E-state index contributed by atoms with van der Waals surface area (Å²) >= 11 is 0. The predicted molar refractivity (Wildman–Crippen MR) is 76.7 cm³/mol. The lowest BCUT2D eigenvalue weighted by Crippen LogP contribution is -2.47. The van der Waals surface area contributed by atoms with Gasteiger partial charge in [-0.15, -0.1) is 0 Å². The average Bonchev–Trinajstić information content (AvgIpc) is 2.36. The number of ketones is 1.